The molecule has 1 fully saturated rings. The van der Waals surface area contributed by atoms with E-state index in [0.717, 1.165) is 0 Å². The van der Waals surface area contributed by atoms with Crippen LogP contribution in [0.25, 0.3) is 0 Å². The van der Waals surface area contributed by atoms with Gasteiger partial charge >= 0.3 is 0 Å². The molecule has 1 heterocycles. The van der Waals surface area contributed by atoms with Crippen LogP contribution in [0.2, 0.25) is 0 Å². The quantitative estimate of drug-likeness (QED) is 0.868. The van der Waals surface area contributed by atoms with Crippen LogP contribution in [0.15, 0.2) is 53.4 Å². The minimum absolute atomic E-state index is 0.127. The molecule has 1 saturated heterocycles. The predicted molar refractivity (Wildman–Crippen MR) is 99.6 cm³/mol. The van der Waals surface area contributed by atoms with Crippen LogP contribution in [-0.4, -0.2) is 43.9 Å². The third kappa shape index (κ3) is 4.52. The molecule has 2 aromatic carbocycles. The highest BCUT2D eigenvalue weighted by Gasteiger charge is 2.32. The first-order valence-corrected chi connectivity index (χ1v) is 10.0. The van der Waals surface area contributed by atoms with Crippen molar-refractivity contribution < 1.29 is 22.3 Å². The number of benzene rings is 2. The lowest BCUT2D eigenvalue weighted by Crippen LogP contribution is -2.48. The normalized spacial score (nSPS) is 21.0. The molecule has 1 N–H and O–H groups in total. The van der Waals surface area contributed by atoms with E-state index in [1.807, 2.05) is 13.8 Å². The van der Waals surface area contributed by atoms with Crippen molar-refractivity contribution in [2.45, 2.75) is 31.0 Å². The second-order valence-electron chi connectivity index (χ2n) is 6.56. The third-order valence-electron chi connectivity index (χ3n) is 4.24. The van der Waals surface area contributed by atoms with Crippen molar-refractivity contribution in [2.24, 2.45) is 0 Å². The standard InChI is InChI=1S/C19H21FN2O4S/c1-13-11-22(12-14(2)26-13)27(24,25)18-9-3-15(4-10-18)19(23)21-17-7-5-16(20)6-8-17/h3-10,13-14H,11-12H2,1-2H3,(H,21,23). The van der Waals surface area contributed by atoms with E-state index in [1.54, 1.807) is 0 Å². The lowest BCUT2D eigenvalue weighted by Gasteiger charge is -2.34. The van der Waals surface area contributed by atoms with Crippen LogP contribution < -0.4 is 5.32 Å². The number of morpholine rings is 1. The van der Waals surface area contributed by atoms with Gasteiger partial charge in [-0.3, -0.25) is 4.79 Å². The van der Waals surface area contributed by atoms with E-state index in [2.05, 4.69) is 5.32 Å². The van der Waals surface area contributed by atoms with Gasteiger partial charge < -0.3 is 10.1 Å². The molecule has 6 nitrogen and oxygen atoms in total. The number of ether oxygens (including phenoxy) is 1. The summed E-state index contributed by atoms with van der Waals surface area (Å²) in [6, 6.07) is 11.1. The van der Waals surface area contributed by atoms with Gasteiger partial charge in [0.2, 0.25) is 10.0 Å². The first kappa shape index (κ1) is 19.5. The molecule has 0 bridgehead atoms. The molecule has 144 valence electrons. The number of nitrogens with zero attached hydrogens (tertiary/aromatic N) is 1. The van der Waals surface area contributed by atoms with Gasteiger partial charge in [-0.2, -0.15) is 4.31 Å². The smallest absolute Gasteiger partial charge is 0.255 e. The number of anilines is 1. The maximum atomic E-state index is 12.9. The molecule has 1 aliphatic rings. The molecular formula is C19H21FN2O4S. The molecule has 3 rings (SSSR count). The van der Waals surface area contributed by atoms with Gasteiger partial charge in [-0.15, -0.1) is 0 Å². The first-order chi connectivity index (χ1) is 12.8. The molecule has 2 atom stereocenters. The Morgan fingerprint density at radius 2 is 1.59 bits per heavy atom. The molecule has 2 aromatic rings. The summed E-state index contributed by atoms with van der Waals surface area (Å²) < 4.78 is 45.5. The summed E-state index contributed by atoms with van der Waals surface area (Å²) in [5, 5.41) is 2.64. The molecule has 1 aliphatic heterocycles. The monoisotopic (exact) mass is 392 g/mol. The van der Waals surface area contributed by atoms with Crippen molar-refractivity contribution >= 4 is 21.6 Å². The highest BCUT2D eigenvalue weighted by atomic mass is 32.2. The number of sulfonamides is 1. The predicted octanol–water partition coefficient (Wildman–Crippen LogP) is 2.88. The number of hydrogen-bond donors (Lipinski definition) is 1. The van der Waals surface area contributed by atoms with Crippen molar-refractivity contribution in [3.63, 3.8) is 0 Å². The summed E-state index contributed by atoms with van der Waals surface area (Å²) in [5.74, 6) is -0.798. The SMILES string of the molecule is CC1CN(S(=O)(=O)c2ccc(C(=O)Nc3ccc(F)cc3)cc2)CC(C)O1. The molecule has 0 spiro atoms. The summed E-state index contributed by atoms with van der Waals surface area (Å²) in [6.07, 6.45) is -0.353. The fourth-order valence-corrected chi connectivity index (χ4v) is 4.58. The molecule has 8 heteroatoms. The molecule has 2 unspecified atom stereocenters. The second-order valence-corrected chi connectivity index (χ2v) is 8.50. The molecule has 0 aliphatic carbocycles. The van der Waals surface area contributed by atoms with Gasteiger partial charge in [0.25, 0.3) is 5.91 Å². The Labute approximate surface area is 158 Å². The van der Waals surface area contributed by atoms with E-state index in [1.165, 1.54) is 52.8 Å². The third-order valence-corrected chi connectivity index (χ3v) is 6.09. The van der Waals surface area contributed by atoms with Crippen LogP contribution in [0, 0.1) is 5.82 Å². The molecule has 27 heavy (non-hydrogen) atoms. The van der Waals surface area contributed by atoms with Gasteiger partial charge in [0.15, 0.2) is 0 Å². The Bertz CT molecular complexity index is 904. The van der Waals surface area contributed by atoms with E-state index in [0.29, 0.717) is 24.3 Å². The highest BCUT2D eigenvalue weighted by molar-refractivity contribution is 7.89. The van der Waals surface area contributed by atoms with Crippen molar-refractivity contribution in [1.29, 1.82) is 0 Å². The average Bonchev–Trinajstić information content (AvgIpc) is 2.63. The molecule has 1 amide bonds. The Morgan fingerprint density at radius 1 is 1.04 bits per heavy atom. The van der Waals surface area contributed by atoms with Crippen molar-refractivity contribution in [2.75, 3.05) is 18.4 Å². The maximum Gasteiger partial charge on any atom is 0.255 e. The fraction of sp³-hybridized carbons (Fsp3) is 0.316. The van der Waals surface area contributed by atoms with Gasteiger partial charge in [0.05, 0.1) is 17.1 Å². The summed E-state index contributed by atoms with van der Waals surface area (Å²) in [5.41, 5.74) is 0.761. The second kappa shape index (κ2) is 7.75. The Morgan fingerprint density at radius 3 is 2.15 bits per heavy atom. The molecule has 0 radical (unpaired) electrons. The number of carbonyl (C=O) groups excluding carboxylic acids is 1. The minimum Gasteiger partial charge on any atom is -0.373 e. The lowest BCUT2D eigenvalue weighted by atomic mass is 10.2. The van der Waals surface area contributed by atoms with Crippen molar-refractivity contribution in [3.05, 3.63) is 59.9 Å². The average molecular weight is 392 g/mol. The number of carbonyl (C=O) groups is 1. The van der Waals surface area contributed by atoms with Crippen LogP contribution in [0.1, 0.15) is 24.2 Å². The topological polar surface area (TPSA) is 75.7 Å². The fourth-order valence-electron chi connectivity index (χ4n) is 2.99. The van der Waals surface area contributed by atoms with E-state index in [9.17, 15) is 17.6 Å². The van der Waals surface area contributed by atoms with Crippen LogP contribution >= 0.6 is 0 Å². The van der Waals surface area contributed by atoms with Crippen LogP contribution in [0.4, 0.5) is 10.1 Å². The first-order valence-electron chi connectivity index (χ1n) is 8.58. The maximum absolute atomic E-state index is 12.9. The van der Waals surface area contributed by atoms with E-state index in [-0.39, 0.29) is 17.1 Å². The van der Waals surface area contributed by atoms with Gasteiger partial charge in [0.1, 0.15) is 5.82 Å². The van der Waals surface area contributed by atoms with E-state index in [4.69, 9.17) is 4.74 Å². The van der Waals surface area contributed by atoms with E-state index >= 15 is 0 Å². The zero-order chi connectivity index (χ0) is 19.6. The Kier molecular flexibility index (Phi) is 5.59. The zero-order valence-electron chi connectivity index (χ0n) is 15.1. The Balaban J connectivity index is 1.74. The summed E-state index contributed by atoms with van der Waals surface area (Å²) in [6.45, 7) is 4.25. The Hall–Kier alpha value is -2.29. The molecule has 0 aromatic heterocycles. The van der Waals surface area contributed by atoms with Crippen LogP contribution in [0.5, 0.6) is 0 Å². The number of amides is 1. The molecule has 0 saturated carbocycles. The number of hydrogen-bond acceptors (Lipinski definition) is 4. The zero-order valence-corrected chi connectivity index (χ0v) is 15.9. The summed E-state index contributed by atoms with van der Waals surface area (Å²) >= 11 is 0. The summed E-state index contributed by atoms with van der Waals surface area (Å²) in [4.78, 5) is 12.4. The van der Waals surface area contributed by atoms with Gasteiger partial charge in [-0.05, 0) is 62.4 Å². The van der Waals surface area contributed by atoms with Crippen LogP contribution in [-0.2, 0) is 14.8 Å². The minimum atomic E-state index is -3.65. The van der Waals surface area contributed by atoms with Gasteiger partial charge in [-0.1, -0.05) is 0 Å². The van der Waals surface area contributed by atoms with Crippen LogP contribution in [0.3, 0.4) is 0 Å². The van der Waals surface area contributed by atoms with Crippen molar-refractivity contribution in [1.82, 2.24) is 4.31 Å². The van der Waals surface area contributed by atoms with E-state index < -0.39 is 21.7 Å². The number of rotatable bonds is 4. The molecular weight excluding hydrogens is 371 g/mol. The number of halogens is 1. The lowest BCUT2D eigenvalue weighted by molar-refractivity contribution is -0.0440. The largest absolute Gasteiger partial charge is 0.373 e. The number of nitrogens with one attached hydrogen (secondary N) is 1. The van der Waals surface area contributed by atoms with Crippen molar-refractivity contribution in [3.8, 4) is 0 Å². The van der Waals surface area contributed by atoms with Gasteiger partial charge in [-0.25, -0.2) is 12.8 Å². The highest BCUT2D eigenvalue weighted by Crippen LogP contribution is 2.22. The summed E-state index contributed by atoms with van der Waals surface area (Å²) in [7, 11) is -3.65. The van der Waals surface area contributed by atoms with Gasteiger partial charge in [0, 0.05) is 24.3 Å².